The zero-order chi connectivity index (χ0) is 17.0. The number of hydrogen-bond donors (Lipinski definition) is 1. The van der Waals surface area contributed by atoms with E-state index >= 15 is 0 Å². The normalized spacial score (nSPS) is 10.8. The van der Waals surface area contributed by atoms with E-state index in [9.17, 15) is 9.59 Å². The Bertz CT molecular complexity index is 721. The molecule has 0 radical (unpaired) electrons. The number of carbonyl (C=O) groups excluding carboxylic acids is 2. The fourth-order valence-electron chi connectivity index (χ4n) is 2.41. The highest BCUT2D eigenvalue weighted by atomic mass is 16.2. The van der Waals surface area contributed by atoms with Crippen molar-refractivity contribution in [2.45, 2.75) is 20.4 Å². The van der Waals surface area contributed by atoms with Crippen LogP contribution in [0, 0.1) is 6.92 Å². The first-order valence-electron chi connectivity index (χ1n) is 7.43. The van der Waals surface area contributed by atoms with Crippen LogP contribution in [0.1, 0.15) is 28.5 Å². The predicted octanol–water partition coefficient (Wildman–Crippen LogP) is 2.00. The van der Waals surface area contributed by atoms with E-state index in [2.05, 4.69) is 10.4 Å². The van der Waals surface area contributed by atoms with Gasteiger partial charge < -0.3 is 5.32 Å². The number of carbonyl (C=O) groups is 2. The average molecular weight is 314 g/mol. The number of likely N-dealkylation sites (N-methyl/N-ethyl adjacent to an activating group) is 1. The van der Waals surface area contributed by atoms with Gasteiger partial charge in [-0.25, -0.2) is 0 Å². The minimum absolute atomic E-state index is 0.0229. The van der Waals surface area contributed by atoms with Crippen LogP contribution in [-0.2, 0) is 18.4 Å². The number of nitrogens with one attached hydrogen (secondary N) is 1. The maximum Gasteiger partial charge on any atom is 0.238 e. The molecule has 1 N–H and O–H groups in total. The van der Waals surface area contributed by atoms with Gasteiger partial charge >= 0.3 is 0 Å². The number of anilines is 1. The molecule has 1 amide bonds. The molecule has 1 aromatic heterocycles. The van der Waals surface area contributed by atoms with Gasteiger partial charge in [-0.3, -0.25) is 19.2 Å². The van der Waals surface area contributed by atoms with E-state index in [1.54, 1.807) is 28.9 Å². The topological polar surface area (TPSA) is 67.2 Å². The van der Waals surface area contributed by atoms with Crippen LogP contribution < -0.4 is 5.32 Å². The third-order valence-corrected chi connectivity index (χ3v) is 3.52. The molecule has 0 atom stereocenters. The number of aryl methyl sites for hydroxylation is 2. The molecule has 0 fully saturated rings. The van der Waals surface area contributed by atoms with E-state index < -0.39 is 0 Å². The monoisotopic (exact) mass is 314 g/mol. The first-order valence-corrected chi connectivity index (χ1v) is 7.43. The molecule has 0 saturated heterocycles. The molecule has 0 bridgehead atoms. The third-order valence-electron chi connectivity index (χ3n) is 3.52. The molecule has 1 heterocycles. The summed E-state index contributed by atoms with van der Waals surface area (Å²) in [6, 6.07) is 6.95. The number of benzene rings is 1. The molecule has 23 heavy (non-hydrogen) atoms. The number of ketones is 1. The van der Waals surface area contributed by atoms with E-state index in [1.807, 2.05) is 32.1 Å². The third kappa shape index (κ3) is 4.75. The minimum Gasteiger partial charge on any atom is -0.325 e. The lowest BCUT2D eigenvalue weighted by Crippen LogP contribution is -2.30. The molecule has 6 heteroatoms. The summed E-state index contributed by atoms with van der Waals surface area (Å²) in [5, 5.41) is 7.11. The van der Waals surface area contributed by atoms with Gasteiger partial charge in [0.25, 0.3) is 0 Å². The molecule has 2 aromatic rings. The minimum atomic E-state index is -0.116. The van der Waals surface area contributed by atoms with Gasteiger partial charge in [0.15, 0.2) is 5.78 Å². The highest BCUT2D eigenvalue weighted by Gasteiger charge is 2.11. The lowest BCUT2D eigenvalue weighted by Gasteiger charge is -2.16. The second-order valence-corrected chi connectivity index (χ2v) is 5.77. The van der Waals surface area contributed by atoms with Crippen molar-refractivity contribution < 1.29 is 9.59 Å². The van der Waals surface area contributed by atoms with Gasteiger partial charge in [-0.1, -0.05) is 12.1 Å². The fraction of sp³-hybridized carbons (Fsp3) is 0.353. The van der Waals surface area contributed by atoms with Crippen LogP contribution in [0.2, 0.25) is 0 Å². The largest absolute Gasteiger partial charge is 0.325 e. The maximum absolute atomic E-state index is 12.1. The number of Topliss-reactive ketones (excluding diaryl/α,β-unsaturated/α-hetero) is 1. The van der Waals surface area contributed by atoms with Crippen LogP contribution in [0.15, 0.2) is 30.5 Å². The van der Waals surface area contributed by atoms with Gasteiger partial charge in [-0.15, -0.1) is 0 Å². The molecule has 2 rings (SSSR count). The first-order chi connectivity index (χ1) is 10.8. The Morgan fingerprint density at radius 3 is 2.70 bits per heavy atom. The molecule has 0 unspecified atom stereocenters. The molecule has 0 saturated carbocycles. The van der Waals surface area contributed by atoms with E-state index in [0.717, 1.165) is 11.3 Å². The average Bonchev–Trinajstić information content (AvgIpc) is 2.76. The summed E-state index contributed by atoms with van der Waals surface area (Å²) in [7, 11) is 3.77. The van der Waals surface area contributed by atoms with Crippen molar-refractivity contribution in [3.05, 3.63) is 47.3 Å². The predicted molar refractivity (Wildman–Crippen MR) is 89.4 cm³/mol. The molecule has 6 nitrogen and oxygen atoms in total. The Labute approximate surface area is 136 Å². The Hall–Kier alpha value is -2.47. The van der Waals surface area contributed by atoms with E-state index in [1.165, 1.54) is 6.92 Å². The van der Waals surface area contributed by atoms with Crippen LogP contribution in [0.4, 0.5) is 5.69 Å². The molecule has 0 aliphatic heterocycles. The standard InChI is InChI=1S/C17H22N4O2/c1-12-15(10-21(4)19-12)9-20(3)11-17(23)18-16-7-5-6-14(8-16)13(2)22/h5-8,10H,9,11H2,1-4H3,(H,18,23). The molecule has 1 aromatic carbocycles. The van der Waals surface area contributed by atoms with Crippen molar-refractivity contribution in [3.8, 4) is 0 Å². The summed E-state index contributed by atoms with van der Waals surface area (Å²) in [6.07, 6.45) is 1.96. The second-order valence-electron chi connectivity index (χ2n) is 5.77. The van der Waals surface area contributed by atoms with Crippen LogP contribution in [0.3, 0.4) is 0 Å². The lowest BCUT2D eigenvalue weighted by molar-refractivity contribution is -0.117. The van der Waals surface area contributed by atoms with Crippen LogP contribution in [-0.4, -0.2) is 40.0 Å². The number of amides is 1. The molecule has 0 aliphatic rings. The number of nitrogens with zero attached hydrogens (tertiary/aromatic N) is 3. The molecule has 0 spiro atoms. The summed E-state index contributed by atoms with van der Waals surface area (Å²) in [6.45, 7) is 4.38. The Balaban J connectivity index is 1.92. The smallest absolute Gasteiger partial charge is 0.238 e. The Morgan fingerprint density at radius 1 is 1.35 bits per heavy atom. The van der Waals surface area contributed by atoms with E-state index in [0.29, 0.717) is 17.8 Å². The number of hydrogen-bond acceptors (Lipinski definition) is 4. The molecular weight excluding hydrogens is 292 g/mol. The van der Waals surface area contributed by atoms with Crippen molar-refractivity contribution in [1.29, 1.82) is 0 Å². The van der Waals surface area contributed by atoms with Crippen molar-refractivity contribution in [2.75, 3.05) is 18.9 Å². The van der Waals surface area contributed by atoms with E-state index in [4.69, 9.17) is 0 Å². The van der Waals surface area contributed by atoms with Crippen LogP contribution in [0.25, 0.3) is 0 Å². The molecular formula is C17H22N4O2. The van der Waals surface area contributed by atoms with Gasteiger partial charge in [0, 0.05) is 36.6 Å². The zero-order valence-corrected chi connectivity index (χ0v) is 14.0. The van der Waals surface area contributed by atoms with Crippen molar-refractivity contribution in [1.82, 2.24) is 14.7 Å². The maximum atomic E-state index is 12.1. The van der Waals surface area contributed by atoms with Gasteiger partial charge in [0.2, 0.25) is 5.91 Å². The SMILES string of the molecule is CC(=O)c1cccc(NC(=O)CN(C)Cc2cn(C)nc2C)c1. The summed E-state index contributed by atoms with van der Waals surface area (Å²) >= 11 is 0. The van der Waals surface area contributed by atoms with Crippen LogP contribution in [0.5, 0.6) is 0 Å². The summed E-state index contributed by atoms with van der Waals surface area (Å²) in [4.78, 5) is 25.4. The van der Waals surface area contributed by atoms with Crippen molar-refractivity contribution in [2.24, 2.45) is 7.05 Å². The Kier molecular flexibility index (Phi) is 5.28. The van der Waals surface area contributed by atoms with Crippen LogP contribution >= 0.6 is 0 Å². The van der Waals surface area contributed by atoms with Gasteiger partial charge in [-0.2, -0.15) is 5.10 Å². The number of rotatable bonds is 6. The highest BCUT2D eigenvalue weighted by Crippen LogP contribution is 2.12. The van der Waals surface area contributed by atoms with Crippen molar-refractivity contribution in [3.63, 3.8) is 0 Å². The quantitative estimate of drug-likeness (QED) is 0.828. The number of aromatic nitrogens is 2. The molecule has 0 aliphatic carbocycles. The second kappa shape index (κ2) is 7.19. The fourth-order valence-corrected chi connectivity index (χ4v) is 2.41. The van der Waals surface area contributed by atoms with Gasteiger partial charge in [-0.05, 0) is 33.0 Å². The summed E-state index contributed by atoms with van der Waals surface area (Å²) < 4.78 is 1.77. The van der Waals surface area contributed by atoms with Gasteiger partial charge in [0.05, 0.1) is 12.2 Å². The Morgan fingerprint density at radius 2 is 2.09 bits per heavy atom. The van der Waals surface area contributed by atoms with Crippen molar-refractivity contribution >= 4 is 17.4 Å². The molecule has 122 valence electrons. The van der Waals surface area contributed by atoms with E-state index in [-0.39, 0.29) is 18.2 Å². The van der Waals surface area contributed by atoms with Gasteiger partial charge in [0.1, 0.15) is 0 Å². The lowest BCUT2D eigenvalue weighted by atomic mass is 10.1. The first kappa shape index (κ1) is 16.9. The summed E-state index contributed by atoms with van der Waals surface area (Å²) in [5.41, 5.74) is 3.28. The zero-order valence-electron chi connectivity index (χ0n) is 14.0. The highest BCUT2D eigenvalue weighted by molar-refractivity contribution is 5.97. The summed E-state index contributed by atoms with van der Waals surface area (Å²) in [5.74, 6) is -0.139.